The Morgan fingerprint density at radius 2 is 1.97 bits per heavy atom. The van der Waals surface area contributed by atoms with Crippen LogP contribution in [-0.2, 0) is 11.3 Å². The highest BCUT2D eigenvalue weighted by atomic mass is 79.9. The minimum atomic E-state index is -0.338. The molecule has 1 amide bonds. The van der Waals surface area contributed by atoms with Crippen LogP contribution in [0.15, 0.2) is 75.7 Å². The van der Waals surface area contributed by atoms with Crippen molar-refractivity contribution >= 4 is 51.0 Å². The summed E-state index contributed by atoms with van der Waals surface area (Å²) in [6, 6.07) is 15.7. The number of benzene rings is 2. The van der Waals surface area contributed by atoms with Gasteiger partial charge in [-0.2, -0.15) is 0 Å². The van der Waals surface area contributed by atoms with E-state index in [2.05, 4.69) is 38.0 Å². The summed E-state index contributed by atoms with van der Waals surface area (Å²) < 4.78 is 2.97. The van der Waals surface area contributed by atoms with Crippen LogP contribution in [0.2, 0.25) is 0 Å². The number of halogens is 1. The van der Waals surface area contributed by atoms with Crippen molar-refractivity contribution in [2.75, 3.05) is 11.6 Å². The first-order valence-electron chi connectivity index (χ1n) is 8.94. The number of nitrogens with one attached hydrogen (secondary N) is 1. The fourth-order valence-corrected chi connectivity index (χ4v) is 4.35. The Bertz CT molecular complexity index is 1000. The standard InChI is InChI=1S/C21H21BrN4OS2/c1-4-13-26-19(15-9-11-16(22)12-10-15)24-25-21(26)29-14(2)20(27)23-17-7-5-6-8-18(17)28-3/h4-12,14H,1,13H2,2-3H3,(H,23,27). The molecule has 0 aliphatic rings. The normalized spacial score (nSPS) is 11.8. The van der Waals surface area contributed by atoms with Crippen LogP contribution in [0.5, 0.6) is 0 Å². The number of aromatic nitrogens is 3. The Morgan fingerprint density at radius 1 is 1.24 bits per heavy atom. The van der Waals surface area contributed by atoms with Crippen molar-refractivity contribution in [2.45, 2.75) is 28.8 Å². The number of para-hydroxylation sites is 1. The second-order valence-corrected chi connectivity index (χ2v) is 9.23. The lowest BCUT2D eigenvalue weighted by Crippen LogP contribution is -2.23. The van der Waals surface area contributed by atoms with E-state index in [4.69, 9.17) is 0 Å². The van der Waals surface area contributed by atoms with Gasteiger partial charge in [-0.05, 0) is 37.4 Å². The quantitative estimate of drug-likeness (QED) is 0.323. The molecule has 0 bridgehead atoms. The SMILES string of the molecule is C=CCn1c(SC(C)C(=O)Nc2ccccc2SC)nnc1-c1ccc(Br)cc1. The molecule has 0 saturated heterocycles. The molecule has 5 nitrogen and oxygen atoms in total. The number of carbonyl (C=O) groups is 1. The smallest absolute Gasteiger partial charge is 0.237 e. The van der Waals surface area contributed by atoms with Gasteiger partial charge in [-0.15, -0.1) is 28.5 Å². The van der Waals surface area contributed by atoms with E-state index in [0.717, 1.165) is 26.4 Å². The van der Waals surface area contributed by atoms with Crippen molar-refractivity contribution in [1.29, 1.82) is 0 Å². The van der Waals surface area contributed by atoms with Gasteiger partial charge in [-0.25, -0.2) is 0 Å². The van der Waals surface area contributed by atoms with Crippen LogP contribution in [0.3, 0.4) is 0 Å². The molecular formula is C21H21BrN4OS2. The highest BCUT2D eigenvalue weighted by Crippen LogP contribution is 2.29. The number of hydrogen-bond acceptors (Lipinski definition) is 5. The minimum Gasteiger partial charge on any atom is -0.324 e. The van der Waals surface area contributed by atoms with Crippen LogP contribution < -0.4 is 5.32 Å². The Labute approximate surface area is 187 Å². The zero-order valence-electron chi connectivity index (χ0n) is 16.1. The first kappa shape index (κ1) is 21.7. The molecule has 1 unspecified atom stereocenters. The maximum Gasteiger partial charge on any atom is 0.237 e. The summed E-state index contributed by atoms with van der Waals surface area (Å²) in [7, 11) is 0. The lowest BCUT2D eigenvalue weighted by atomic mass is 10.2. The van der Waals surface area contributed by atoms with Crippen LogP contribution in [0.25, 0.3) is 11.4 Å². The van der Waals surface area contributed by atoms with E-state index in [1.54, 1.807) is 17.8 Å². The van der Waals surface area contributed by atoms with Crippen molar-refractivity contribution in [1.82, 2.24) is 14.8 Å². The molecule has 2 aromatic carbocycles. The Morgan fingerprint density at radius 3 is 2.66 bits per heavy atom. The molecule has 0 saturated carbocycles. The zero-order chi connectivity index (χ0) is 20.8. The van der Waals surface area contributed by atoms with E-state index >= 15 is 0 Å². The number of amides is 1. The van der Waals surface area contributed by atoms with E-state index in [1.165, 1.54) is 11.8 Å². The lowest BCUT2D eigenvalue weighted by Gasteiger charge is -2.14. The van der Waals surface area contributed by atoms with E-state index in [1.807, 2.05) is 66.3 Å². The maximum atomic E-state index is 12.7. The Kier molecular flexibility index (Phi) is 7.57. The van der Waals surface area contributed by atoms with Gasteiger partial charge in [0.25, 0.3) is 0 Å². The molecule has 0 aliphatic carbocycles. The van der Waals surface area contributed by atoms with Crippen LogP contribution in [0, 0.1) is 0 Å². The van der Waals surface area contributed by atoms with E-state index in [9.17, 15) is 4.79 Å². The third kappa shape index (κ3) is 5.32. The van der Waals surface area contributed by atoms with Crippen LogP contribution >= 0.6 is 39.5 Å². The summed E-state index contributed by atoms with van der Waals surface area (Å²) in [5.74, 6) is 0.676. The Balaban J connectivity index is 1.79. The van der Waals surface area contributed by atoms with Crippen molar-refractivity contribution in [2.24, 2.45) is 0 Å². The van der Waals surface area contributed by atoms with Crippen molar-refractivity contribution in [3.8, 4) is 11.4 Å². The molecule has 1 heterocycles. The zero-order valence-corrected chi connectivity index (χ0v) is 19.4. The van der Waals surface area contributed by atoms with Gasteiger partial charge >= 0.3 is 0 Å². The lowest BCUT2D eigenvalue weighted by molar-refractivity contribution is -0.115. The fourth-order valence-electron chi connectivity index (χ4n) is 2.68. The fraction of sp³-hybridized carbons (Fsp3) is 0.190. The highest BCUT2D eigenvalue weighted by Gasteiger charge is 2.21. The van der Waals surface area contributed by atoms with E-state index < -0.39 is 0 Å². The Hall–Kier alpha value is -2.03. The van der Waals surface area contributed by atoms with Crippen molar-refractivity contribution in [3.05, 3.63) is 65.7 Å². The molecule has 1 aromatic heterocycles. The number of carbonyl (C=O) groups excluding carboxylic acids is 1. The first-order chi connectivity index (χ1) is 14.0. The highest BCUT2D eigenvalue weighted by molar-refractivity contribution is 9.10. The van der Waals surface area contributed by atoms with Gasteiger partial charge in [-0.3, -0.25) is 9.36 Å². The van der Waals surface area contributed by atoms with E-state index in [0.29, 0.717) is 11.7 Å². The van der Waals surface area contributed by atoms with Gasteiger partial charge in [-0.1, -0.05) is 58.0 Å². The number of allylic oxidation sites excluding steroid dienone is 1. The number of nitrogens with zero attached hydrogens (tertiary/aromatic N) is 3. The van der Waals surface area contributed by atoms with Crippen LogP contribution in [-0.4, -0.2) is 32.2 Å². The maximum absolute atomic E-state index is 12.7. The van der Waals surface area contributed by atoms with Gasteiger partial charge in [0.2, 0.25) is 5.91 Å². The predicted octanol–water partition coefficient (Wildman–Crippen LogP) is 5.73. The molecule has 0 aliphatic heterocycles. The van der Waals surface area contributed by atoms with E-state index in [-0.39, 0.29) is 11.2 Å². The average molecular weight is 489 g/mol. The number of hydrogen-bond donors (Lipinski definition) is 1. The van der Waals surface area contributed by atoms with Crippen molar-refractivity contribution < 1.29 is 4.79 Å². The molecule has 3 aromatic rings. The average Bonchev–Trinajstić information content (AvgIpc) is 3.11. The second-order valence-electron chi connectivity index (χ2n) is 6.16. The number of anilines is 1. The first-order valence-corrected chi connectivity index (χ1v) is 11.8. The topological polar surface area (TPSA) is 59.8 Å². The summed E-state index contributed by atoms with van der Waals surface area (Å²) in [4.78, 5) is 13.8. The number of thioether (sulfide) groups is 2. The summed E-state index contributed by atoms with van der Waals surface area (Å²) in [5.41, 5.74) is 1.78. The molecule has 150 valence electrons. The molecule has 29 heavy (non-hydrogen) atoms. The molecule has 1 N–H and O–H groups in total. The molecular weight excluding hydrogens is 468 g/mol. The molecule has 1 atom stereocenters. The van der Waals surface area contributed by atoms with Crippen LogP contribution in [0.1, 0.15) is 6.92 Å². The second kappa shape index (κ2) is 10.1. The largest absolute Gasteiger partial charge is 0.324 e. The molecule has 3 rings (SSSR count). The molecule has 0 radical (unpaired) electrons. The van der Waals surface area contributed by atoms with Gasteiger partial charge in [0.15, 0.2) is 11.0 Å². The van der Waals surface area contributed by atoms with Crippen molar-refractivity contribution in [3.63, 3.8) is 0 Å². The predicted molar refractivity (Wildman–Crippen MR) is 126 cm³/mol. The summed E-state index contributed by atoms with van der Waals surface area (Å²) in [6.45, 7) is 6.27. The van der Waals surface area contributed by atoms with Gasteiger partial charge < -0.3 is 5.32 Å². The summed E-state index contributed by atoms with van der Waals surface area (Å²) >= 11 is 6.43. The van der Waals surface area contributed by atoms with Gasteiger partial charge in [0.05, 0.1) is 10.9 Å². The van der Waals surface area contributed by atoms with Gasteiger partial charge in [0.1, 0.15) is 0 Å². The monoisotopic (exact) mass is 488 g/mol. The third-order valence-corrected chi connectivity index (χ3v) is 6.55. The molecule has 0 spiro atoms. The third-order valence-electron chi connectivity index (χ3n) is 4.15. The van der Waals surface area contributed by atoms with Crippen LogP contribution in [0.4, 0.5) is 5.69 Å². The van der Waals surface area contributed by atoms with Gasteiger partial charge in [0, 0.05) is 21.5 Å². The minimum absolute atomic E-state index is 0.0742. The summed E-state index contributed by atoms with van der Waals surface area (Å²) in [5, 5.41) is 12.0. The summed E-state index contributed by atoms with van der Waals surface area (Å²) in [6.07, 6.45) is 3.79. The number of rotatable bonds is 8. The molecule has 0 fully saturated rings. The molecule has 8 heteroatoms.